The van der Waals surface area contributed by atoms with Crippen molar-refractivity contribution in [1.29, 1.82) is 0 Å². The van der Waals surface area contributed by atoms with Gasteiger partial charge in [-0.15, -0.1) is 5.10 Å². The Labute approximate surface area is 148 Å². The molecule has 25 heavy (non-hydrogen) atoms. The van der Waals surface area contributed by atoms with Crippen molar-refractivity contribution in [2.45, 2.75) is 52.1 Å². The van der Waals surface area contributed by atoms with Crippen molar-refractivity contribution in [3.63, 3.8) is 0 Å². The Morgan fingerprint density at radius 2 is 1.92 bits per heavy atom. The van der Waals surface area contributed by atoms with Crippen LogP contribution in [0.4, 0.5) is 0 Å². The first-order valence-electron chi connectivity index (χ1n) is 8.97. The monoisotopic (exact) mass is 344 g/mol. The van der Waals surface area contributed by atoms with Gasteiger partial charge in [0.25, 0.3) is 5.56 Å². The molecule has 3 heterocycles. The van der Waals surface area contributed by atoms with Crippen LogP contribution in [0.5, 0.6) is 0 Å². The zero-order valence-corrected chi connectivity index (χ0v) is 15.6. The third-order valence-electron chi connectivity index (χ3n) is 4.97. The highest BCUT2D eigenvalue weighted by Gasteiger charge is 2.22. The Morgan fingerprint density at radius 1 is 1.20 bits per heavy atom. The van der Waals surface area contributed by atoms with Gasteiger partial charge in [-0.3, -0.25) is 14.4 Å². The van der Waals surface area contributed by atoms with Crippen molar-refractivity contribution in [3.8, 4) is 0 Å². The molecule has 1 fully saturated rings. The fourth-order valence-corrected chi connectivity index (χ4v) is 3.23. The summed E-state index contributed by atoms with van der Waals surface area (Å²) in [5.41, 5.74) is 2.05. The first-order valence-corrected chi connectivity index (χ1v) is 8.97. The number of piperidine rings is 1. The summed E-state index contributed by atoms with van der Waals surface area (Å²) in [6.45, 7) is 10.0. The SMILES string of the molecule is Cn1nncc1CN1CCC(Cn2nc(C(C)(C)C)ccc2=O)CC1. The van der Waals surface area contributed by atoms with E-state index in [1.807, 2.05) is 24.0 Å². The zero-order valence-electron chi connectivity index (χ0n) is 15.6. The van der Waals surface area contributed by atoms with E-state index in [0.29, 0.717) is 12.5 Å². The van der Waals surface area contributed by atoms with E-state index in [-0.39, 0.29) is 11.0 Å². The van der Waals surface area contributed by atoms with Gasteiger partial charge < -0.3 is 0 Å². The average Bonchev–Trinajstić information content (AvgIpc) is 2.95. The third kappa shape index (κ3) is 4.34. The Balaban J connectivity index is 1.59. The summed E-state index contributed by atoms with van der Waals surface area (Å²) >= 11 is 0. The Morgan fingerprint density at radius 3 is 2.52 bits per heavy atom. The second kappa shape index (κ2) is 7.07. The molecule has 0 amide bonds. The van der Waals surface area contributed by atoms with Crippen LogP contribution < -0.4 is 5.56 Å². The number of likely N-dealkylation sites (tertiary alicyclic amines) is 1. The van der Waals surface area contributed by atoms with Gasteiger partial charge in [-0.25, -0.2) is 4.68 Å². The average molecular weight is 344 g/mol. The van der Waals surface area contributed by atoms with Gasteiger partial charge in [-0.1, -0.05) is 26.0 Å². The molecule has 3 rings (SSSR count). The van der Waals surface area contributed by atoms with E-state index in [2.05, 4.69) is 41.1 Å². The summed E-state index contributed by atoms with van der Waals surface area (Å²) < 4.78 is 3.49. The minimum absolute atomic E-state index is 0.00334. The molecule has 0 bridgehead atoms. The smallest absolute Gasteiger partial charge is 0.266 e. The van der Waals surface area contributed by atoms with E-state index in [1.54, 1.807) is 10.7 Å². The van der Waals surface area contributed by atoms with Gasteiger partial charge in [0, 0.05) is 31.6 Å². The van der Waals surface area contributed by atoms with E-state index in [4.69, 9.17) is 0 Å². The summed E-state index contributed by atoms with van der Waals surface area (Å²) in [5.74, 6) is 0.501. The van der Waals surface area contributed by atoms with Gasteiger partial charge in [-0.2, -0.15) is 5.10 Å². The first-order chi connectivity index (χ1) is 11.8. The van der Waals surface area contributed by atoms with Gasteiger partial charge >= 0.3 is 0 Å². The van der Waals surface area contributed by atoms with Crippen LogP contribution in [0.3, 0.4) is 0 Å². The van der Waals surface area contributed by atoms with E-state index >= 15 is 0 Å². The minimum atomic E-state index is -0.0457. The van der Waals surface area contributed by atoms with Crippen LogP contribution in [-0.2, 0) is 25.6 Å². The fraction of sp³-hybridized carbons (Fsp3) is 0.667. The lowest BCUT2D eigenvalue weighted by Gasteiger charge is -2.31. The molecular formula is C18H28N6O. The van der Waals surface area contributed by atoms with Crippen molar-refractivity contribution >= 4 is 0 Å². The molecule has 0 aliphatic carbocycles. The normalized spacial score (nSPS) is 17.1. The maximum atomic E-state index is 12.2. The van der Waals surface area contributed by atoms with Crippen LogP contribution in [-0.4, -0.2) is 42.8 Å². The molecule has 0 saturated carbocycles. The Bertz CT molecular complexity index is 764. The second-order valence-corrected chi connectivity index (χ2v) is 8.06. The summed E-state index contributed by atoms with van der Waals surface area (Å²) in [4.78, 5) is 14.6. The lowest BCUT2D eigenvalue weighted by molar-refractivity contribution is 0.160. The van der Waals surface area contributed by atoms with Crippen LogP contribution in [0.15, 0.2) is 23.1 Å². The maximum Gasteiger partial charge on any atom is 0.266 e. The highest BCUT2D eigenvalue weighted by Crippen LogP contribution is 2.21. The quantitative estimate of drug-likeness (QED) is 0.842. The topological polar surface area (TPSA) is 68.8 Å². The molecule has 2 aromatic heterocycles. The molecule has 0 unspecified atom stereocenters. The molecule has 0 N–H and O–H groups in total. The van der Waals surface area contributed by atoms with E-state index < -0.39 is 0 Å². The Kier molecular flexibility index (Phi) is 5.03. The van der Waals surface area contributed by atoms with Gasteiger partial charge in [0.15, 0.2) is 0 Å². The molecule has 7 nitrogen and oxygen atoms in total. The molecule has 0 radical (unpaired) electrons. The van der Waals surface area contributed by atoms with Gasteiger partial charge in [0.2, 0.25) is 0 Å². The molecule has 0 aromatic carbocycles. The van der Waals surface area contributed by atoms with E-state index in [0.717, 1.165) is 43.9 Å². The molecule has 1 aliphatic heterocycles. The predicted octanol–water partition coefficient (Wildman–Crippen LogP) is 1.58. The second-order valence-electron chi connectivity index (χ2n) is 8.06. The number of nitrogens with zero attached hydrogens (tertiary/aromatic N) is 6. The number of hydrogen-bond acceptors (Lipinski definition) is 5. The number of rotatable bonds is 4. The zero-order chi connectivity index (χ0) is 18.0. The summed E-state index contributed by atoms with van der Waals surface area (Å²) in [5, 5.41) is 12.5. The van der Waals surface area contributed by atoms with Crippen molar-refractivity contribution in [2.24, 2.45) is 13.0 Å². The molecule has 0 spiro atoms. The fourth-order valence-electron chi connectivity index (χ4n) is 3.23. The number of hydrogen-bond donors (Lipinski definition) is 0. The van der Waals surface area contributed by atoms with Crippen LogP contribution in [0.1, 0.15) is 45.0 Å². The van der Waals surface area contributed by atoms with E-state index in [1.165, 1.54) is 0 Å². The lowest BCUT2D eigenvalue weighted by atomic mass is 9.92. The predicted molar refractivity (Wildman–Crippen MR) is 96.2 cm³/mol. The van der Waals surface area contributed by atoms with Crippen LogP contribution in [0.2, 0.25) is 0 Å². The maximum absolute atomic E-state index is 12.2. The minimum Gasteiger partial charge on any atom is -0.297 e. The van der Waals surface area contributed by atoms with Crippen molar-refractivity contribution < 1.29 is 0 Å². The van der Waals surface area contributed by atoms with Gasteiger partial charge in [-0.05, 0) is 37.9 Å². The molecule has 1 saturated heterocycles. The van der Waals surface area contributed by atoms with Crippen molar-refractivity contribution in [3.05, 3.63) is 40.1 Å². The van der Waals surface area contributed by atoms with Crippen LogP contribution >= 0.6 is 0 Å². The van der Waals surface area contributed by atoms with Crippen LogP contribution in [0, 0.1) is 5.92 Å². The highest BCUT2D eigenvalue weighted by atomic mass is 16.1. The summed E-state index contributed by atoms with van der Waals surface area (Å²) in [6.07, 6.45) is 3.99. The molecule has 136 valence electrons. The van der Waals surface area contributed by atoms with E-state index in [9.17, 15) is 4.79 Å². The molecule has 0 atom stereocenters. The number of aromatic nitrogens is 5. The third-order valence-corrected chi connectivity index (χ3v) is 4.97. The highest BCUT2D eigenvalue weighted by molar-refractivity contribution is 5.10. The lowest BCUT2D eigenvalue weighted by Crippen LogP contribution is -2.37. The Hall–Kier alpha value is -2.02. The molecule has 1 aliphatic rings. The molecule has 7 heteroatoms. The van der Waals surface area contributed by atoms with Crippen molar-refractivity contribution in [1.82, 2.24) is 29.7 Å². The summed E-state index contributed by atoms with van der Waals surface area (Å²) in [6, 6.07) is 3.50. The van der Waals surface area contributed by atoms with Gasteiger partial charge in [0.05, 0.1) is 17.6 Å². The van der Waals surface area contributed by atoms with Gasteiger partial charge in [0.1, 0.15) is 0 Å². The van der Waals surface area contributed by atoms with Crippen molar-refractivity contribution in [2.75, 3.05) is 13.1 Å². The molecular weight excluding hydrogens is 316 g/mol. The largest absolute Gasteiger partial charge is 0.297 e. The molecule has 2 aromatic rings. The number of aryl methyl sites for hydroxylation is 1. The van der Waals surface area contributed by atoms with Crippen LogP contribution in [0.25, 0.3) is 0 Å². The summed E-state index contributed by atoms with van der Waals surface area (Å²) in [7, 11) is 1.93. The first kappa shape index (κ1) is 17.8. The standard InChI is InChI=1S/C18H28N6O/c1-18(2,3)16-5-6-17(25)24(20-16)12-14-7-9-23(10-8-14)13-15-11-19-21-22(15)4/h5-6,11,14H,7-10,12-13H2,1-4H3.